The van der Waals surface area contributed by atoms with Gasteiger partial charge >= 0.3 is 5.97 Å². The summed E-state index contributed by atoms with van der Waals surface area (Å²) in [6.07, 6.45) is -0.248. The minimum absolute atomic E-state index is 0.0782. The monoisotopic (exact) mass is 228 g/mol. The van der Waals surface area contributed by atoms with Crippen LogP contribution in [0.1, 0.15) is 34.1 Å². The first-order valence-corrected chi connectivity index (χ1v) is 5.53. The standard InChI is InChI=1S/C12H20O4/c1-7-10(11(14)15-5)8(13)6-9(16-7)12(2,3)4/h7,9-10H,6H2,1-5H3/t7-,9-,10-/m0/s1. The van der Waals surface area contributed by atoms with Crippen molar-refractivity contribution in [3.05, 3.63) is 0 Å². The van der Waals surface area contributed by atoms with Crippen molar-refractivity contribution in [1.82, 2.24) is 0 Å². The Morgan fingerprint density at radius 2 is 2.00 bits per heavy atom. The second-order valence-corrected chi connectivity index (χ2v) is 5.37. The van der Waals surface area contributed by atoms with Crippen molar-refractivity contribution >= 4 is 11.8 Å². The van der Waals surface area contributed by atoms with Crippen LogP contribution < -0.4 is 0 Å². The highest BCUT2D eigenvalue weighted by atomic mass is 16.5. The Morgan fingerprint density at radius 1 is 1.44 bits per heavy atom. The largest absolute Gasteiger partial charge is 0.468 e. The first-order chi connectivity index (χ1) is 7.27. The lowest BCUT2D eigenvalue weighted by Crippen LogP contribution is -2.48. The van der Waals surface area contributed by atoms with Gasteiger partial charge in [0, 0.05) is 6.42 Å². The van der Waals surface area contributed by atoms with E-state index in [1.165, 1.54) is 7.11 Å². The molecule has 0 spiro atoms. The van der Waals surface area contributed by atoms with Crippen molar-refractivity contribution in [3.8, 4) is 0 Å². The third kappa shape index (κ3) is 2.61. The van der Waals surface area contributed by atoms with Gasteiger partial charge < -0.3 is 9.47 Å². The van der Waals surface area contributed by atoms with Crippen LogP contribution in [0.25, 0.3) is 0 Å². The van der Waals surface area contributed by atoms with Gasteiger partial charge in [0.15, 0.2) is 5.78 Å². The van der Waals surface area contributed by atoms with Crippen LogP contribution in [0.3, 0.4) is 0 Å². The molecule has 4 heteroatoms. The number of hydrogen-bond donors (Lipinski definition) is 0. The van der Waals surface area contributed by atoms with E-state index in [1.54, 1.807) is 6.92 Å². The second kappa shape index (κ2) is 4.53. The molecule has 0 bridgehead atoms. The molecule has 1 fully saturated rings. The van der Waals surface area contributed by atoms with Crippen LogP contribution >= 0.6 is 0 Å². The second-order valence-electron chi connectivity index (χ2n) is 5.37. The molecule has 1 aliphatic rings. The number of carbonyl (C=O) groups excluding carboxylic acids is 2. The molecule has 1 heterocycles. The van der Waals surface area contributed by atoms with Crippen LogP contribution in [0.2, 0.25) is 0 Å². The number of esters is 1. The van der Waals surface area contributed by atoms with Crippen LogP contribution in [-0.4, -0.2) is 31.1 Å². The van der Waals surface area contributed by atoms with E-state index in [-0.39, 0.29) is 23.7 Å². The van der Waals surface area contributed by atoms with Gasteiger partial charge in [-0.05, 0) is 12.3 Å². The summed E-state index contributed by atoms with van der Waals surface area (Å²) in [6.45, 7) is 7.82. The Hall–Kier alpha value is -0.900. The van der Waals surface area contributed by atoms with E-state index in [9.17, 15) is 9.59 Å². The average molecular weight is 228 g/mol. The zero-order chi connectivity index (χ0) is 12.5. The molecule has 16 heavy (non-hydrogen) atoms. The van der Waals surface area contributed by atoms with Gasteiger partial charge in [-0.15, -0.1) is 0 Å². The Labute approximate surface area is 96.3 Å². The number of rotatable bonds is 1. The predicted octanol–water partition coefficient (Wildman–Crippen LogP) is 1.57. The van der Waals surface area contributed by atoms with Crippen molar-refractivity contribution in [2.75, 3.05) is 7.11 Å². The van der Waals surface area contributed by atoms with Crippen LogP contribution in [-0.2, 0) is 19.1 Å². The first-order valence-electron chi connectivity index (χ1n) is 5.53. The minimum Gasteiger partial charge on any atom is -0.468 e. The van der Waals surface area contributed by atoms with Crippen LogP contribution in [0.4, 0.5) is 0 Å². The summed E-state index contributed by atoms with van der Waals surface area (Å²) < 4.78 is 10.3. The number of carbonyl (C=O) groups is 2. The van der Waals surface area contributed by atoms with E-state index in [4.69, 9.17) is 4.74 Å². The molecule has 1 aliphatic heterocycles. The van der Waals surface area contributed by atoms with Gasteiger partial charge in [-0.2, -0.15) is 0 Å². The number of ketones is 1. The summed E-state index contributed by atoms with van der Waals surface area (Å²) in [6, 6.07) is 0. The molecular formula is C12H20O4. The zero-order valence-corrected chi connectivity index (χ0v) is 10.6. The molecule has 0 aliphatic carbocycles. The molecule has 92 valence electrons. The fourth-order valence-electron chi connectivity index (χ4n) is 1.92. The van der Waals surface area contributed by atoms with Crippen molar-refractivity contribution in [1.29, 1.82) is 0 Å². The fourth-order valence-corrected chi connectivity index (χ4v) is 1.92. The normalized spacial score (nSPS) is 31.3. The summed E-state index contributed by atoms with van der Waals surface area (Å²) in [7, 11) is 1.29. The van der Waals surface area contributed by atoms with Crippen LogP contribution in [0, 0.1) is 11.3 Å². The quantitative estimate of drug-likeness (QED) is 0.505. The molecule has 0 radical (unpaired) electrons. The van der Waals surface area contributed by atoms with E-state index in [1.807, 2.05) is 20.8 Å². The molecular weight excluding hydrogens is 208 g/mol. The Kier molecular flexibility index (Phi) is 3.73. The summed E-state index contributed by atoms with van der Waals surface area (Å²) >= 11 is 0. The van der Waals surface area contributed by atoms with E-state index >= 15 is 0 Å². The molecule has 0 aromatic carbocycles. The molecule has 0 amide bonds. The molecule has 1 rings (SSSR count). The van der Waals surface area contributed by atoms with Crippen molar-refractivity contribution in [2.24, 2.45) is 11.3 Å². The fraction of sp³-hybridized carbons (Fsp3) is 0.833. The van der Waals surface area contributed by atoms with Crippen molar-refractivity contribution in [2.45, 2.75) is 46.3 Å². The van der Waals surface area contributed by atoms with Gasteiger partial charge in [-0.25, -0.2) is 0 Å². The predicted molar refractivity (Wildman–Crippen MR) is 58.9 cm³/mol. The molecule has 0 unspecified atom stereocenters. The Balaban J connectivity index is 2.80. The van der Waals surface area contributed by atoms with Crippen LogP contribution in [0.15, 0.2) is 0 Å². The topological polar surface area (TPSA) is 52.6 Å². The van der Waals surface area contributed by atoms with Gasteiger partial charge in [0.25, 0.3) is 0 Å². The van der Waals surface area contributed by atoms with E-state index in [2.05, 4.69) is 4.74 Å². The maximum absolute atomic E-state index is 11.9. The highest BCUT2D eigenvalue weighted by Crippen LogP contribution is 2.33. The molecule has 1 saturated heterocycles. The minimum atomic E-state index is -0.761. The van der Waals surface area contributed by atoms with Crippen LogP contribution in [0.5, 0.6) is 0 Å². The lowest BCUT2D eigenvalue weighted by atomic mass is 9.80. The zero-order valence-electron chi connectivity index (χ0n) is 10.6. The summed E-state index contributed by atoms with van der Waals surface area (Å²) in [5.41, 5.74) is -0.0923. The smallest absolute Gasteiger partial charge is 0.318 e. The van der Waals surface area contributed by atoms with Crippen molar-refractivity contribution in [3.63, 3.8) is 0 Å². The molecule has 3 atom stereocenters. The Bertz CT molecular complexity index is 290. The van der Waals surface area contributed by atoms with Gasteiger partial charge in [-0.1, -0.05) is 20.8 Å². The molecule has 0 N–H and O–H groups in total. The third-order valence-electron chi connectivity index (χ3n) is 3.00. The van der Waals surface area contributed by atoms with Crippen molar-refractivity contribution < 1.29 is 19.1 Å². The number of hydrogen-bond acceptors (Lipinski definition) is 4. The molecule has 0 aromatic rings. The van der Waals surface area contributed by atoms with E-state index < -0.39 is 18.0 Å². The summed E-state index contributed by atoms with van der Waals surface area (Å²) in [5, 5.41) is 0. The third-order valence-corrected chi connectivity index (χ3v) is 3.00. The Morgan fingerprint density at radius 3 is 2.38 bits per heavy atom. The summed E-state index contributed by atoms with van der Waals surface area (Å²) in [5.74, 6) is -1.33. The number of Topliss-reactive ketones (excluding diaryl/α,β-unsaturated/α-hetero) is 1. The average Bonchev–Trinajstić information content (AvgIpc) is 2.14. The van der Waals surface area contributed by atoms with Gasteiger partial charge in [0.2, 0.25) is 0 Å². The highest BCUT2D eigenvalue weighted by molar-refractivity contribution is 6.00. The molecule has 0 aromatic heterocycles. The molecule has 0 saturated carbocycles. The van der Waals surface area contributed by atoms with E-state index in [0.717, 1.165) is 0 Å². The van der Waals surface area contributed by atoms with Gasteiger partial charge in [0.1, 0.15) is 5.92 Å². The number of ether oxygens (including phenoxy) is 2. The van der Waals surface area contributed by atoms with Gasteiger partial charge in [0.05, 0.1) is 19.3 Å². The first kappa shape index (κ1) is 13.2. The summed E-state index contributed by atoms with van der Waals surface area (Å²) in [4.78, 5) is 23.3. The highest BCUT2D eigenvalue weighted by Gasteiger charge is 2.43. The maximum Gasteiger partial charge on any atom is 0.318 e. The lowest BCUT2D eigenvalue weighted by Gasteiger charge is -2.38. The number of methoxy groups -OCH3 is 1. The van der Waals surface area contributed by atoms with Gasteiger partial charge in [-0.3, -0.25) is 9.59 Å². The molecule has 4 nitrogen and oxygen atoms in total. The lowest BCUT2D eigenvalue weighted by molar-refractivity contribution is -0.172. The van der Waals surface area contributed by atoms with E-state index in [0.29, 0.717) is 0 Å². The maximum atomic E-state index is 11.9. The SMILES string of the molecule is COC(=O)[C@@H]1C(=O)C[C@@H](C(C)(C)C)O[C@H]1C.